The third kappa shape index (κ3) is 8.14. The number of aliphatic imine (C=N–C) groups is 1. The molecule has 0 bridgehead atoms. The van der Waals surface area contributed by atoms with Gasteiger partial charge in [-0.25, -0.2) is 4.39 Å². The molecule has 0 amide bonds. The SMILES string of the molecule is CN=C(NCc1ccccc1F)NCC(C)COCc1ccccc1.I. The number of halogens is 2. The normalized spacial score (nSPS) is 12.2. The van der Waals surface area contributed by atoms with Gasteiger partial charge in [-0.1, -0.05) is 55.5 Å². The summed E-state index contributed by atoms with van der Waals surface area (Å²) in [5, 5.41) is 6.37. The lowest BCUT2D eigenvalue weighted by molar-refractivity contribution is 0.0931. The van der Waals surface area contributed by atoms with Crippen molar-refractivity contribution in [2.45, 2.75) is 20.1 Å². The first kappa shape index (κ1) is 22.4. The Bertz CT molecular complexity index is 667. The van der Waals surface area contributed by atoms with Gasteiger partial charge in [0.25, 0.3) is 0 Å². The second kappa shape index (κ2) is 12.6. The van der Waals surface area contributed by atoms with Crippen LogP contribution in [0.15, 0.2) is 59.6 Å². The molecule has 2 aromatic carbocycles. The highest BCUT2D eigenvalue weighted by atomic mass is 127. The minimum absolute atomic E-state index is 0. The van der Waals surface area contributed by atoms with Crippen LogP contribution in [-0.2, 0) is 17.9 Å². The van der Waals surface area contributed by atoms with Gasteiger partial charge in [0.1, 0.15) is 5.82 Å². The molecule has 2 aromatic rings. The van der Waals surface area contributed by atoms with E-state index in [2.05, 4.69) is 34.7 Å². The van der Waals surface area contributed by atoms with Crippen LogP contribution < -0.4 is 10.6 Å². The van der Waals surface area contributed by atoms with Crippen LogP contribution >= 0.6 is 24.0 Å². The van der Waals surface area contributed by atoms with Gasteiger partial charge in [-0.3, -0.25) is 4.99 Å². The number of nitrogens with one attached hydrogen (secondary N) is 2. The van der Waals surface area contributed by atoms with Gasteiger partial charge in [-0.05, 0) is 17.5 Å². The van der Waals surface area contributed by atoms with Gasteiger partial charge >= 0.3 is 0 Å². The predicted octanol–water partition coefficient (Wildman–Crippen LogP) is 3.96. The molecule has 0 radical (unpaired) electrons. The molecule has 0 saturated carbocycles. The molecule has 142 valence electrons. The van der Waals surface area contributed by atoms with Crippen LogP contribution in [0.3, 0.4) is 0 Å². The number of ether oxygens (including phenoxy) is 1. The zero-order valence-corrected chi connectivity index (χ0v) is 17.6. The summed E-state index contributed by atoms with van der Waals surface area (Å²) in [7, 11) is 1.70. The molecule has 0 saturated heterocycles. The zero-order chi connectivity index (χ0) is 17.9. The van der Waals surface area contributed by atoms with Crippen molar-refractivity contribution < 1.29 is 9.13 Å². The molecular formula is C20H27FIN3O. The van der Waals surface area contributed by atoms with Crippen LogP contribution in [0.4, 0.5) is 4.39 Å². The fourth-order valence-electron chi connectivity index (χ4n) is 2.32. The van der Waals surface area contributed by atoms with E-state index in [0.717, 1.165) is 6.54 Å². The highest BCUT2D eigenvalue weighted by Gasteiger charge is 2.06. The molecule has 0 aliphatic heterocycles. The first-order chi connectivity index (χ1) is 12.2. The molecule has 26 heavy (non-hydrogen) atoms. The van der Waals surface area contributed by atoms with Crippen molar-refractivity contribution in [2.24, 2.45) is 10.9 Å². The van der Waals surface area contributed by atoms with Crippen molar-refractivity contribution in [3.05, 3.63) is 71.5 Å². The summed E-state index contributed by atoms with van der Waals surface area (Å²) in [5.41, 5.74) is 1.79. The largest absolute Gasteiger partial charge is 0.376 e. The van der Waals surface area contributed by atoms with E-state index in [0.29, 0.717) is 37.2 Å². The maximum absolute atomic E-state index is 13.6. The summed E-state index contributed by atoms with van der Waals surface area (Å²) in [6.45, 7) is 4.51. The Morgan fingerprint density at radius 2 is 1.77 bits per heavy atom. The molecule has 0 aliphatic rings. The number of hydrogen-bond donors (Lipinski definition) is 2. The van der Waals surface area contributed by atoms with Crippen LogP contribution in [0.2, 0.25) is 0 Å². The molecule has 6 heteroatoms. The number of nitrogens with zero attached hydrogens (tertiary/aromatic N) is 1. The van der Waals surface area contributed by atoms with Crippen molar-refractivity contribution in [3.8, 4) is 0 Å². The molecule has 4 nitrogen and oxygen atoms in total. The fourth-order valence-corrected chi connectivity index (χ4v) is 2.32. The van der Waals surface area contributed by atoms with E-state index in [1.54, 1.807) is 19.2 Å². The fraction of sp³-hybridized carbons (Fsp3) is 0.350. The lowest BCUT2D eigenvalue weighted by Gasteiger charge is -2.16. The highest BCUT2D eigenvalue weighted by Crippen LogP contribution is 2.05. The second-order valence-electron chi connectivity index (χ2n) is 6.00. The maximum atomic E-state index is 13.6. The number of rotatable bonds is 8. The lowest BCUT2D eigenvalue weighted by atomic mass is 10.2. The van der Waals surface area contributed by atoms with E-state index in [1.165, 1.54) is 11.6 Å². The number of benzene rings is 2. The van der Waals surface area contributed by atoms with Crippen molar-refractivity contribution in [2.75, 3.05) is 20.2 Å². The average molecular weight is 471 g/mol. The quantitative estimate of drug-likeness (QED) is 0.348. The first-order valence-electron chi connectivity index (χ1n) is 8.48. The Morgan fingerprint density at radius 1 is 1.08 bits per heavy atom. The summed E-state index contributed by atoms with van der Waals surface area (Å²) >= 11 is 0. The molecule has 0 aromatic heterocycles. The summed E-state index contributed by atoms with van der Waals surface area (Å²) < 4.78 is 19.4. The molecule has 2 rings (SSSR count). The van der Waals surface area contributed by atoms with Crippen molar-refractivity contribution >= 4 is 29.9 Å². The van der Waals surface area contributed by atoms with E-state index < -0.39 is 0 Å². The molecule has 2 N–H and O–H groups in total. The molecule has 0 spiro atoms. The van der Waals surface area contributed by atoms with Gasteiger partial charge in [-0.2, -0.15) is 0 Å². The van der Waals surface area contributed by atoms with Gasteiger partial charge in [-0.15, -0.1) is 24.0 Å². The van der Waals surface area contributed by atoms with Gasteiger partial charge in [0.15, 0.2) is 5.96 Å². The van der Waals surface area contributed by atoms with Gasteiger partial charge in [0.2, 0.25) is 0 Å². The Labute approximate surface area is 172 Å². The smallest absolute Gasteiger partial charge is 0.191 e. The molecule has 1 unspecified atom stereocenters. The van der Waals surface area contributed by atoms with Crippen LogP contribution in [0, 0.1) is 11.7 Å². The lowest BCUT2D eigenvalue weighted by Crippen LogP contribution is -2.39. The van der Waals surface area contributed by atoms with E-state index >= 15 is 0 Å². The Morgan fingerprint density at radius 3 is 2.46 bits per heavy atom. The summed E-state index contributed by atoms with van der Waals surface area (Å²) in [5.74, 6) is 0.766. The minimum atomic E-state index is -0.215. The molecule has 1 atom stereocenters. The zero-order valence-electron chi connectivity index (χ0n) is 15.2. The standard InChI is InChI=1S/C20H26FN3O.HI/c1-16(14-25-15-17-8-4-3-5-9-17)12-23-20(22-2)24-13-18-10-6-7-11-19(18)21;/h3-11,16H,12-15H2,1-2H3,(H2,22,23,24);1H. The van der Waals surface area contributed by atoms with E-state index in [1.807, 2.05) is 24.3 Å². The van der Waals surface area contributed by atoms with Crippen LogP contribution in [0.1, 0.15) is 18.1 Å². The minimum Gasteiger partial charge on any atom is -0.376 e. The van der Waals surface area contributed by atoms with Crippen molar-refractivity contribution in [3.63, 3.8) is 0 Å². The number of hydrogen-bond acceptors (Lipinski definition) is 2. The Hall–Kier alpha value is -1.67. The van der Waals surface area contributed by atoms with Crippen LogP contribution in [-0.4, -0.2) is 26.2 Å². The van der Waals surface area contributed by atoms with E-state index in [9.17, 15) is 4.39 Å². The van der Waals surface area contributed by atoms with Crippen molar-refractivity contribution in [1.82, 2.24) is 10.6 Å². The topological polar surface area (TPSA) is 45.7 Å². The molecule has 0 fully saturated rings. The van der Waals surface area contributed by atoms with Gasteiger partial charge < -0.3 is 15.4 Å². The summed E-state index contributed by atoms with van der Waals surface area (Å²) in [4.78, 5) is 4.16. The molecule has 0 heterocycles. The predicted molar refractivity (Wildman–Crippen MR) is 115 cm³/mol. The second-order valence-corrected chi connectivity index (χ2v) is 6.00. The van der Waals surface area contributed by atoms with E-state index in [4.69, 9.17) is 4.74 Å². The van der Waals surface area contributed by atoms with Crippen molar-refractivity contribution in [1.29, 1.82) is 0 Å². The first-order valence-corrected chi connectivity index (χ1v) is 8.48. The Balaban J connectivity index is 0.00000338. The van der Waals surface area contributed by atoms with E-state index in [-0.39, 0.29) is 29.8 Å². The Kier molecular flexibility index (Phi) is 10.9. The summed E-state index contributed by atoms with van der Waals surface area (Å²) in [6.07, 6.45) is 0. The van der Waals surface area contributed by atoms with Gasteiger partial charge in [0, 0.05) is 25.7 Å². The monoisotopic (exact) mass is 471 g/mol. The van der Waals surface area contributed by atoms with Crippen LogP contribution in [0.25, 0.3) is 0 Å². The maximum Gasteiger partial charge on any atom is 0.191 e. The third-order valence-electron chi connectivity index (χ3n) is 3.76. The third-order valence-corrected chi connectivity index (χ3v) is 3.76. The molecular weight excluding hydrogens is 444 g/mol. The highest BCUT2D eigenvalue weighted by molar-refractivity contribution is 14.0. The van der Waals surface area contributed by atoms with Crippen LogP contribution in [0.5, 0.6) is 0 Å². The average Bonchev–Trinajstić information content (AvgIpc) is 2.64. The van der Waals surface area contributed by atoms with Gasteiger partial charge in [0.05, 0.1) is 13.2 Å². The number of guanidine groups is 1. The summed E-state index contributed by atoms with van der Waals surface area (Å²) in [6, 6.07) is 16.8. The molecule has 0 aliphatic carbocycles.